The van der Waals surface area contributed by atoms with Crippen LogP contribution >= 0.6 is 22.6 Å². The molecule has 0 aliphatic heterocycles. The molecule has 1 heterocycles. The minimum Gasteiger partial charge on any atom is -0.353 e. The number of fused-ring (bicyclic) bond motifs is 1. The summed E-state index contributed by atoms with van der Waals surface area (Å²) >= 11 is 2.04. The van der Waals surface area contributed by atoms with Gasteiger partial charge in [-0.05, 0) is 72.0 Å². The zero-order chi connectivity index (χ0) is 19.9. The molecule has 4 rings (SSSR count). The van der Waals surface area contributed by atoms with Crippen molar-refractivity contribution in [2.45, 2.75) is 11.8 Å². The molecule has 8 heteroatoms. The second-order valence-electron chi connectivity index (χ2n) is 6.29. The lowest BCUT2D eigenvalue weighted by atomic mass is 10.2. The molecule has 0 spiro atoms. The molecule has 0 aliphatic carbocycles. The maximum Gasteiger partial charge on any atom is 0.283 e. The van der Waals surface area contributed by atoms with E-state index in [-0.39, 0.29) is 10.7 Å². The van der Waals surface area contributed by atoms with Gasteiger partial charge in [-0.1, -0.05) is 23.8 Å². The lowest BCUT2D eigenvalue weighted by Crippen LogP contribution is -2.14. The van der Waals surface area contributed by atoms with E-state index < -0.39 is 10.0 Å². The van der Waals surface area contributed by atoms with Gasteiger partial charge < -0.3 is 5.32 Å². The lowest BCUT2D eigenvalue weighted by molar-refractivity contribution is 0.582. The molecule has 0 atom stereocenters. The van der Waals surface area contributed by atoms with Gasteiger partial charge in [0.15, 0.2) is 0 Å². The zero-order valence-corrected chi connectivity index (χ0v) is 17.7. The first-order valence-electron chi connectivity index (χ1n) is 8.37. The standard InChI is InChI=1S/C20H15FIN3O2S/c1-13-5-8-15(9-6-13)28(26,27)25-20-4-2-3-18(16(20)12-23-25)24-19-10-7-14(22)11-17(19)21/h2-12,24H,1H3. The highest BCUT2D eigenvalue weighted by Gasteiger charge is 2.21. The van der Waals surface area contributed by atoms with Crippen molar-refractivity contribution in [3.63, 3.8) is 0 Å². The van der Waals surface area contributed by atoms with E-state index in [1.807, 2.05) is 29.5 Å². The SMILES string of the molecule is Cc1ccc(S(=O)(=O)n2ncc3c(Nc4ccc(I)cc4F)cccc32)cc1. The molecule has 0 radical (unpaired) electrons. The van der Waals surface area contributed by atoms with Crippen LogP contribution in [0.4, 0.5) is 15.8 Å². The third-order valence-electron chi connectivity index (χ3n) is 4.33. The fraction of sp³-hybridized carbons (Fsp3) is 0.0500. The predicted octanol–water partition coefficient (Wildman–Crippen LogP) is 5.07. The molecule has 0 amide bonds. The average Bonchev–Trinajstić information content (AvgIpc) is 3.10. The van der Waals surface area contributed by atoms with E-state index >= 15 is 0 Å². The van der Waals surface area contributed by atoms with Crippen LogP contribution in [0.25, 0.3) is 10.9 Å². The van der Waals surface area contributed by atoms with Crippen LogP contribution in [0.1, 0.15) is 5.56 Å². The number of nitrogens with zero attached hydrogens (tertiary/aromatic N) is 2. The van der Waals surface area contributed by atoms with E-state index in [0.717, 1.165) is 13.2 Å². The molecule has 1 aromatic heterocycles. The molecular weight excluding hydrogens is 492 g/mol. The van der Waals surface area contributed by atoms with Crippen molar-refractivity contribution in [1.29, 1.82) is 0 Å². The highest BCUT2D eigenvalue weighted by Crippen LogP contribution is 2.29. The number of anilines is 2. The summed E-state index contributed by atoms with van der Waals surface area (Å²) in [6.45, 7) is 1.89. The van der Waals surface area contributed by atoms with Crippen LogP contribution in [0.5, 0.6) is 0 Å². The van der Waals surface area contributed by atoms with Crippen LogP contribution < -0.4 is 5.32 Å². The summed E-state index contributed by atoms with van der Waals surface area (Å²) in [5, 5.41) is 7.71. The first-order valence-corrected chi connectivity index (χ1v) is 10.9. The van der Waals surface area contributed by atoms with E-state index in [1.54, 1.807) is 54.6 Å². The predicted molar refractivity (Wildman–Crippen MR) is 116 cm³/mol. The van der Waals surface area contributed by atoms with Crippen molar-refractivity contribution in [2.24, 2.45) is 0 Å². The van der Waals surface area contributed by atoms with E-state index in [9.17, 15) is 12.8 Å². The Kier molecular flexibility index (Phi) is 4.84. The lowest BCUT2D eigenvalue weighted by Gasteiger charge is -2.10. The smallest absolute Gasteiger partial charge is 0.283 e. The van der Waals surface area contributed by atoms with Crippen molar-refractivity contribution >= 4 is 54.9 Å². The van der Waals surface area contributed by atoms with Gasteiger partial charge in [-0.25, -0.2) is 4.39 Å². The van der Waals surface area contributed by atoms with Crippen LogP contribution in [-0.4, -0.2) is 17.6 Å². The van der Waals surface area contributed by atoms with Crippen LogP contribution in [0.15, 0.2) is 71.8 Å². The quantitative estimate of drug-likeness (QED) is 0.392. The van der Waals surface area contributed by atoms with Crippen LogP contribution in [0.3, 0.4) is 0 Å². The third-order valence-corrected chi connectivity index (χ3v) is 6.61. The van der Waals surface area contributed by atoms with Gasteiger partial charge >= 0.3 is 0 Å². The third kappa shape index (κ3) is 3.37. The van der Waals surface area contributed by atoms with Crippen molar-refractivity contribution in [2.75, 3.05) is 5.32 Å². The van der Waals surface area contributed by atoms with E-state index in [1.165, 1.54) is 12.3 Å². The van der Waals surface area contributed by atoms with E-state index in [2.05, 4.69) is 10.4 Å². The fourth-order valence-corrected chi connectivity index (χ4v) is 4.60. The molecule has 0 fully saturated rings. The molecule has 4 aromatic rings. The van der Waals surface area contributed by atoms with Crippen molar-refractivity contribution < 1.29 is 12.8 Å². The topological polar surface area (TPSA) is 64.0 Å². The van der Waals surface area contributed by atoms with Gasteiger partial charge in [0.1, 0.15) is 5.82 Å². The second-order valence-corrected chi connectivity index (χ2v) is 9.31. The monoisotopic (exact) mass is 507 g/mol. The Hall–Kier alpha value is -2.46. The van der Waals surface area contributed by atoms with E-state index in [0.29, 0.717) is 22.3 Å². The van der Waals surface area contributed by atoms with Gasteiger partial charge in [-0.15, -0.1) is 0 Å². The highest BCUT2D eigenvalue weighted by atomic mass is 127. The average molecular weight is 507 g/mol. The number of benzene rings is 3. The van der Waals surface area contributed by atoms with Gasteiger partial charge in [0, 0.05) is 14.6 Å². The van der Waals surface area contributed by atoms with Crippen molar-refractivity contribution in [1.82, 2.24) is 9.19 Å². The Morgan fingerprint density at radius 3 is 2.50 bits per heavy atom. The Morgan fingerprint density at radius 1 is 1.04 bits per heavy atom. The van der Waals surface area contributed by atoms with Crippen LogP contribution in [0, 0.1) is 16.3 Å². The number of hydrogen-bond donors (Lipinski definition) is 1. The molecule has 0 aliphatic rings. The Bertz CT molecular complexity index is 1280. The van der Waals surface area contributed by atoms with Gasteiger partial charge in [0.05, 0.1) is 22.3 Å². The van der Waals surface area contributed by atoms with Gasteiger partial charge in [0.25, 0.3) is 10.0 Å². The molecule has 3 aromatic carbocycles. The first-order chi connectivity index (χ1) is 13.4. The number of nitrogens with one attached hydrogen (secondary N) is 1. The van der Waals surface area contributed by atoms with Crippen LogP contribution in [0.2, 0.25) is 0 Å². The van der Waals surface area contributed by atoms with Gasteiger partial charge in [-0.3, -0.25) is 0 Å². The second kappa shape index (κ2) is 7.17. The largest absolute Gasteiger partial charge is 0.353 e. The number of hydrogen-bond acceptors (Lipinski definition) is 4. The molecule has 0 unspecified atom stereocenters. The number of aryl methyl sites for hydroxylation is 1. The number of aromatic nitrogens is 2. The fourth-order valence-electron chi connectivity index (χ4n) is 2.87. The highest BCUT2D eigenvalue weighted by molar-refractivity contribution is 14.1. The number of rotatable bonds is 4. The summed E-state index contributed by atoms with van der Waals surface area (Å²) in [6, 6.07) is 16.6. The van der Waals surface area contributed by atoms with Gasteiger partial charge in [0.2, 0.25) is 0 Å². The van der Waals surface area contributed by atoms with Gasteiger partial charge in [-0.2, -0.15) is 17.6 Å². The summed E-state index contributed by atoms with van der Waals surface area (Å²) < 4.78 is 42.0. The summed E-state index contributed by atoms with van der Waals surface area (Å²) in [5.41, 5.74) is 2.26. The molecule has 28 heavy (non-hydrogen) atoms. The summed E-state index contributed by atoms with van der Waals surface area (Å²) in [6.07, 6.45) is 1.47. The first kappa shape index (κ1) is 18.9. The molecule has 0 saturated heterocycles. The Labute approximate surface area is 175 Å². The number of halogens is 2. The van der Waals surface area contributed by atoms with E-state index in [4.69, 9.17) is 0 Å². The zero-order valence-electron chi connectivity index (χ0n) is 14.7. The van der Waals surface area contributed by atoms with Crippen molar-refractivity contribution in [3.8, 4) is 0 Å². The minimum atomic E-state index is -3.84. The normalized spacial score (nSPS) is 11.7. The van der Waals surface area contributed by atoms with Crippen LogP contribution in [-0.2, 0) is 10.0 Å². The summed E-state index contributed by atoms with van der Waals surface area (Å²) in [7, 11) is -3.84. The molecule has 0 saturated carbocycles. The Balaban J connectivity index is 1.79. The molecule has 142 valence electrons. The maximum atomic E-state index is 14.2. The van der Waals surface area contributed by atoms with Crippen molar-refractivity contribution in [3.05, 3.63) is 81.8 Å². The maximum absolute atomic E-state index is 14.2. The Morgan fingerprint density at radius 2 is 1.79 bits per heavy atom. The molecular formula is C20H15FIN3O2S. The summed E-state index contributed by atoms with van der Waals surface area (Å²) in [4.78, 5) is 0.158. The molecule has 5 nitrogen and oxygen atoms in total. The molecule has 0 bridgehead atoms. The minimum absolute atomic E-state index is 0.158. The summed E-state index contributed by atoms with van der Waals surface area (Å²) in [5.74, 6) is -0.386. The molecule has 1 N–H and O–H groups in total.